The van der Waals surface area contributed by atoms with Crippen molar-refractivity contribution in [2.24, 2.45) is 0 Å². The van der Waals surface area contributed by atoms with E-state index in [4.69, 9.17) is 28.4 Å². The molecule has 0 bridgehead atoms. The molecular weight excluding hydrogens is 468 g/mol. The van der Waals surface area contributed by atoms with Crippen LogP contribution < -0.4 is 0 Å². The molecular formula is C19H30O13S. The van der Waals surface area contributed by atoms with Crippen molar-refractivity contribution in [3.8, 4) is 0 Å². The normalized spacial score (nSPS) is 26.1. The van der Waals surface area contributed by atoms with E-state index in [1.807, 2.05) is 0 Å². The predicted octanol–water partition coefficient (Wildman–Crippen LogP) is -0.159. The lowest BCUT2D eigenvalue weighted by atomic mass is 9.98. The summed E-state index contributed by atoms with van der Waals surface area (Å²) in [7, 11) is -3.66. The molecule has 1 aliphatic rings. The lowest BCUT2D eigenvalue weighted by Gasteiger charge is -2.44. The Hall–Kier alpha value is -2.29. The van der Waals surface area contributed by atoms with Crippen LogP contribution in [0.15, 0.2) is 0 Å². The Labute approximate surface area is 192 Å². The molecule has 0 unspecified atom stereocenters. The minimum Gasteiger partial charge on any atom is -0.463 e. The zero-order valence-electron chi connectivity index (χ0n) is 19.3. The Morgan fingerprint density at radius 3 is 1.85 bits per heavy atom. The molecule has 14 heteroatoms. The van der Waals surface area contributed by atoms with E-state index in [9.17, 15) is 27.6 Å². The predicted molar refractivity (Wildman–Crippen MR) is 108 cm³/mol. The molecule has 0 aromatic carbocycles. The molecule has 1 aliphatic heterocycles. The number of carbonyl (C=O) groups excluding carboxylic acids is 4. The van der Waals surface area contributed by atoms with Crippen LogP contribution in [0.2, 0.25) is 0 Å². The minimum absolute atomic E-state index is 0.111. The van der Waals surface area contributed by atoms with Crippen molar-refractivity contribution in [3.63, 3.8) is 0 Å². The van der Waals surface area contributed by atoms with Gasteiger partial charge in [0.25, 0.3) is 10.1 Å². The maximum atomic E-state index is 11.8. The highest BCUT2D eigenvalue weighted by atomic mass is 32.2. The standard InChI is InChI=1S/C19H30O13S/c1-10(7-8-27-33(6,24)25)28-19-18(31-14(5)23)17(30-13(4)22)16(29-12(3)21)15(32-19)9-26-11(2)20/h10,15-19H,7-9H2,1-6H3/t10-,15-,16+,17+,18-,19-/m1/s1. The molecule has 6 atom stereocenters. The fraction of sp³-hybridized carbons (Fsp3) is 0.789. The van der Waals surface area contributed by atoms with E-state index in [0.717, 1.165) is 34.0 Å². The zero-order valence-corrected chi connectivity index (χ0v) is 20.1. The fourth-order valence-electron chi connectivity index (χ4n) is 2.96. The second kappa shape index (κ2) is 12.8. The molecule has 0 spiro atoms. The topological polar surface area (TPSA) is 167 Å². The van der Waals surface area contributed by atoms with Gasteiger partial charge in [0.2, 0.25) is 0 Å². The van der Waals surface area contributed by atoms with Gasteiger partial charge in [0.15, 0.2) is 24.6 Å². The molecule has 0 aromatic rings. The number of ether oxygens (including phenoxy) is 6. The molecule has 33 heavy (non-hydrogen) atoms. The third-order valence-corrected chi connectivity index (χ3v) is 4.73. The molecule has 1 heterocycles. The first-order valence-electron chi connectivity index (χ1n) is 10.00. The molecule has 0 aromatic heterocycles. The van der Waals surface area contributed by atoms with Crippen molar-refractivity contribution in [3.05, 3.63) is 0 Å². The van der Waals surface area contributed by atoms with Gasteiger partial charge >= 0.3 is 23.9 Å². The van der Waals surface area contributed by atoms with Gasteiger partial charge in [-0.3, -0.25) is 23.4 Å². The number of carbonyl (C=O) groups is 4. The number of rotatable bonds is 11. The van der Waals surface area contributed by atoms with Gasteiger partial charge in [0.05, 0.1) is 19.0 Å². The average Bonchev–Trinajstić information content (AvgIpc) is 2.62. The van der Waals surface area contributed by atoms with E-state index < -0.39 is 70.8 Å². The highest BCUT2D eigenvalue weighted by Gasteiger charge is 2.53. The van der Waals surface area contributed by atoms with Gasteiger partial charge in [0.1, 0.15) is 12.7 Å². The fourth-order valence-corrected chi connectivity index (χ4v) is 3.36. The van der Waals surface area contributed by atoms with Gasteiger partial charge in [-0.1, -0.05) is 0 Å². The monoisotopic (exact) mass is 498 g/mol. The minimum atomic E-state index is -3.66. The van der Waals surface area contributed by atoms with Gasteiger partial charge in [-0.15, -0.1) is 0 Å². The first kappa shape index (κ1) is 28.7. The Morgan fingerprint density at radius 2 is 1.36 bits per heavy atom. The molecule has 0 N–H and O–H groups in total. The highest BCUT2D eigenvalue weighted by molar-refractivity contribution is 7.85. The van der Waals surface area contributed by atoms with Crippen molar-refractivity contribution in [1.82, 2.24) is 0 Å². The van der Waals surface area contributed by atoms with Crippen LogP contribution in [0.3, 0.4) is 0 Å². The van der Waals surface area contributed by atoms with E-state index in [1.54, 1.807) is 6.92 Å². The van der Waals surface area contributed by atoms with Crippen LogP contribution in [0.1, 0.15) is 41.0 Å². The summed E-state index contributed by atoms with van der Waals surface area (Å²) in [5.41, 5.74) is 0. The summed E-state index contributed by atoms with van der Waals surface area (Å²) in [6.07, 6.45) is -6.15. The van der Waals surface area contributed by atoms with E-state index in [2.05, 4.69) is 4.18 Å². The van der Waals surface area contributed by atoms with Crippen molar-refractivity contribution in [2.45, 2.75) is 77.8 Å². The van der Waals surface area contributed by atoms with Crippen molar-refractivity contribution in [2.75, 3.05) is 19.5 Å². The summed E-state index contributed by atoms with van der Waals surface area (Å²) in [4.78, 5) is 46.5. The molecule has 1 rings (SSSR count). The summed E-state index contributed by atoms with van der Waals surface area (Å²) in [6.45, 7) is 5.49. The van der Waals surface area contributed by atoms with Crippen molar-refractivity contribution in [1.29, 1.82) is 0 Å². The second-order valence-corrected chi connectivity index (χ2v) is 8.97. The maximum absolute atomic E-state index is 11.8. The van der Waals surface area contributed by atoms with Crippen molar-refractivity contribution < 1.29 is 60.2 Å². The van der Waals surface area contributed by atoms with Crippen molar-refractivity contribution >= 4 is 34.0 Å². The first-order chi connectivity index (χ1) is 15.2. The summed E-state index contributed by atoms with van der Waals surface area (Å²) < 4.78 is 59.3. The third-order valence-electron chi connectivity index (χ3n) is 4.14. The zero-order chi connectivity index (χ0) is 25.3. The molecule has 0 aliphatic carbocycles. The molecule has 190 valence electrons. The van der Waals surface area contributed by atoms with Crippen LogP contribution in [0.5, 0.6) is 0 Å². The first-order valence-corrected chi connectivity index (χ1v) is 11.8. The SMILES string of the molecule is CC(=O)OC[C@H]1O[C@@H](O[C@H](C)CCOS(C)(=O)=O)[C@H](OC(C)=O)[C@@H](OC(C)=O)[C@H]1OC(C)=O. The van der Waals surface area contributed by atoms with E-state index >= 15 is 0 Å². The Kier molecular flexibility index (Phi) is 11.2. The lowest BCUT2D eigenvalue weighted by Crippen LogP contribution is -2.63. The highest BCUT2D eigenvalue weighted by Crippen LogP contribution is 2.30. The van der Waals surface area contributed by atoms with Crippen LogP contribution in [-0.4, -0.2) is 88.6 Å². The summed E-state index contributed by atoms with van der Waals surface area (Å²) in [6, 6.07) is 0. The van der Waals surface area contributed by atoms with E-state index in [1.165, 1.54) is 0 Å². The van der Waals surface area contributed by atoms with Crippen LogP contribution in [0.25, 0.3) is 0 Å². The molecule has 13 nitrogen and oxygen atoms in total. The number of hydrogen-bond acceptors (Lipinski definition) is 13. The van der Waals surface area contributed by atoms with Crippen LogP contribution in [0.4, 0.5) is 0 Å². The Morgan fingerprint density at radius 1 is 0.848 bits per heavy atom. The van der Waals surface area contributed by atoms with Gasteiger partial charge in [-0.2, -0.15) is 8.42 Å². The Bertz CT molecular complexity index is 809. The molecule has 1 fully saturated rings. The Balaban J connectivity index is 3.20. The molecule has 1 saturated heterocycles. The number of hydrogen-bond donors (Lipinski definition) is 0. The third kappa shape index (κ3) is 10.9. The van der Waals surface area contributed by atoms with Crippen LogP contribution in [0, 0.1) is 0 Å². The largest absolute Gasteiger partial charge is 0.463 e. The van der Waals surface area contributed by atoms with Gasteiger partial charge in [0, 0.05) is 27.7 Å². The van der Waals surface area contributed by atoms with Gasteiger partial charge < -0.3 is 28.4 Å². The second-order valence-electron chi connectivity index (χ2n) is 7.33. The molecule has 0 radical (unpaired) electrons. The van der Waals surface area contributed by atoms with E-state index in [-0.39, 0.29) is 19.6 Å². The summed E-state index contributed by atoms with van der Waals surface area (Å²) in [5, 5.41) is 0. The van der Waals surface area contributed by atoms with Gasteiger partial charge in [-0.25, -0.2) is 0 Å². The smallest absolute Gasteiger partial charge is 0.303 e. The number of esters is 4. The van der Waals surface area contributed by atoms with Crippen LogP contribution >= 0.6 is 0 Å². The van der Waals surface area contributed by atoms with Crippen LogP contribution in [-0.2, 0) is 61.9 Å². The summed E-state index contributed by atoms with van der Waals surface area (Å²) in [5.74, 6) is -2.92. The van der Waals surface area contributed by atoms with Gasteiger partial charge in [-0.05, 0) is 13.3 Å². The lowest BCUT2D eigenvalue weighted by molar-refractivity contribution is -0.316. The molecule has 0 saturated carbocycles. The van der Waals surface area contributed by atoms with E-state index in [0.29, 0.717) is 0 Å². The summed E-state index contributed by atoms with van der Waals surface area (Å²) >= 11 is 0. The maximum Gasteiger partial charge on any atom is 0.303 e. The molecule has 0 amide bonds. The quantitative estimate of drug-likeness (QED) is 0.210. The average molecular weight is 499 g/mol.